The molecule has 192 valence electrons. The maximum absolute atomic E-state index is 12.8. The molecule has 0 radical (unpaired) electrons. The van der Waals surface area contributed by atoms with Crippen LogP contribution in [0.2, 0.25) is 0 Å². The number of fused-ring (bicyclic) bond motifs is 1. The summed E-state index contributed by atoms with van der Waals surface area (Å²) < 4.78 is 31.0. The van der Waals surface area contributed by atoms with Crippen LogP contribution in [0.4, 0.5) is 11.6 Å². The van der Waals surface area contributed by atoms with Crippen molar-refractivity contribution in [3.05, 3.63) is 42.5 Å². The number of aromatic amines is 1. The predicted molar refractivity (Wildman–Crippen MR) is 139 cm³/mol. The lowest BCUT2D eigenvalue weighted by molar-refractivity contribution is -0.107. The number of anilines is 2. The highest BCUT2D eigenvalue weighted by atomic mass is 32.2. The normalized spacial score (nSPS) is 17.2. The zero-order valence-electron chi connectivity index (χ0n) is 20.4. The van der Waals surface area contributed by atoms with Crippen molar-refractivity contribution in [1.82, 2.24) is 19.8 Å². The van der Waals surface area contributed by atoms with E-state index in [4.69, 9.17) is 4.18 Å². The van der Waals surface area contributed by atoms with Crippen LogP contribution in [0.25, 0.3) is 11.0 Å². The molecule has 11 heteroatoms. The quantitative estimate of drug-likeness (QED) is 0.229. The molecule has 0 unspecified atom stereocenters. The predicted octanol–water partition coefficient (Wildman–Crippen LogP) is 2.51. The number of imidazole rings is 1. The van der Waals surface area contributed by atoms with Gasteiger partial charge in [-0.05, 0) is 69.3 Å². The van der Waals surface area contributed by atoms with E-state index < -0.39 is 10.1 Å². The zero-order valence-corrected chi connectivity index (χ0v) is 21.2. The summed E-state index contributed by atoms with van der Waals surface area (Å²) in [5.74, 6) is 0.627. The molecule has 1 aliphatic heterocycles. The number of hydrogen-bond donors (Lipinski definition) is 2. The molecule has 1 aromatic heterocycles. The molecule has 2 heterocycles. The fourth-order valence-corrected chi connectivity index (χ4v) is 5.25. The van der Waals surface area contributed by atoms with Crippen molar-refractivity contribution in [1.29, 1.82) is 0 Å². The number of carbonyl (C=O) groups is 1. The number of amides is 1. The minimum Gasteiger partial charge on any atom is -0.385 e. The zero-order chi connectivity index (χ0) is 25.1. The Bertz CT molecular complexity index is 1300. The third-order valence-corrected chi connectivity index (χ3v) is 7.93. The number of nitrogens with zero attached hydrogens (tertiary/aromatic N) is 4. The molecule has 5 rings (SSSR count). The van der Waals surface area contributed by atoms with Crippen LogP contribution in [0.1, 0.15) is 19.3 Å². The second-order valence-electron chi connectivity index (χ2n) is 9.47. The Morgan fingerprint density at radius 3 is 2.58 bits per heavy atom. The highest BCUT2D eigenvalue weighted by Crippen LogP contribution is 2.31. The third kappa shape index (κ3) is 5.80. The van der Waals surface area contributed by atoms with Gasteiger partial charge in [-0.25, -0.2) is 4.98 Å². The van der Waals surface area contributed by atoms with E-state index in [1.807, 2.05) is 0 Å². The van der Waals surface area contributed by atoms with Crippen molar-refractivity contribution in [2.75, 3.05) is 56.5 Å². The molecular formula is C25H32N6O4S. The van der Waals surface area contributed by atoms with E-state index in [9.17, 15) is 13.2 Å². The molecule has 2 N–H and O–H groups in total. The van der Waals surface area contributed by atoms with Crippen LogP contribution in [0.5, 0.6) is 5.75 Å². The fraction of sp³-hybridized carbons (Fsp3) is 0.440. The van der Waals surface area contributed by atoms with E-state index in [2.05, 4.69) is 32.1 Å². The molecule has 1 saturated heterocycles. The van der Waals surface area contributed by atoms with Crippen LogP contribution in [-0.2, 0) is 14.9 Å². The van der Waals surface area contributed by atoms with E-state index in [1.54, 1.807) is 47.4 Å². The molecule has 0 atom stereocenters. The monoisotopic (exact) mass is 512 g/mol. The van der Waals surface area contributed by atoms with Crippen molar-refractivity contribution in [2.45, 2.75) is 30.2 Å². The highest BCUT2D eigenvalue weighted by Gasteiger charge is 2.31. The van der Waals surface area contributed by atoms with Crippen LogP contribution in [0.3, 0.4) is 0 Å². The highest BCUT2D eigenvalue weighted by molar-refractivity contribution is 7.87. The molecular weight excluding hydrogens is 480 g/mol. The SMILES string of the molecule is CN1CCN(CCCNc2ccc(S(=O)(=O)Oc3ccc4nc(N(C=O)C5CC5)[nH]c4c3)cc2)CC1. The van der Waals surface area contributed by atoms with E-state index in [-0.39, 0.29) is 16.7 Å². The summed E-state index contributed by atoms with van der Waals surface area (Å²) in [5.41, 5.74) is 2.10. The van der Waals surface area contributed by atoms with E-state index in [1.165, 1.54) is 0 Å². The Labute approximate surface area is 211 Å². The van der Waals surface area contributed by atoms with Gasteiger partial charge in [0.1, 0.15) is 10.6 Å². The molecule has 2 aliphatic rings. The molecule has 1 amide bonds. The van der Waals surface area contributed by atoms with Crippen molar-refractivity contribution >= 4 is 39.2 Å². The number of likely N-dealkylation sites (N-methyl/N-ethyl adjacent to an activating group) is 1. The number of benzene rings is 2. The lowest BCUT2D eigenvalue weighted by Crippen LogP contribution is -2.44. The number of nitrogens with one attached hydrogen (secondary N) is 2. The minimum absolute atomic E-state index is 0.0803. The number of piperazine rings is 1. The van der Waals surface area contributed by atoms with Gasteiger partial charge in [-0.15, -0.1) is 0 Å². The smallest absolute Gasteiger partial charge is 0.339 e. The average molecular weight is 513 g/mol. The Morgan fingerprint density at radius 2 is 1.89 bits per heavy atom. The van der Waals surface area contributed by atoms with Gasteiger partial charge in [0.15, 0.2) is 0 Å². The Morgan fingerprint density at radius 1 is 1.14 bits per heavy atom. The Hall–Kier alpha value is -3.15. The van der Waals surface area contributed by atoms with Crippen molar-refractivity contribution in [2.24, 2.45) is 0 Å². The standard InChI is InChI=1S/C25H32N6O4S/c1-29-13-15-30(16-14-29)12-2-11-26-19-3-8-22(9-4-19)36(33,34)35-21-7-10-23-24(17-21)28-25(27-23)31(18-32)20-5-6-20/h3-4,7-10,17-18,20,26H,2,5-6,11-16H2,1H3,(H,27,28). The van der Waals surface area contributed by atoms with Crippen LogP contribution in [0.15, 0.2) is 47.4 Å². The third-order valence-electron chi connectivity index (χ3n) is 6.66. The van der Waals surface area contributed by atoms with Crippen molar-refractivity contribution in [3.63, 3.8) is 0 Å². The Balaban J connectivity index is 1.16. The maximum atomic E-state index is 12.8. The first-order valence-electron chi connectivity index (χ1n) is 12.3. The van der Waals surface area contributed by atoms with Crippen LogP contribution in [-0.4, -0.2) is 87.0 Å². The van der Waals surface area contributed by atoms with E-state index >= 15 is 0 Å². The first-order valence-corrected chi connectivity index (χ1v) is 13.7. The minimum atomic E-state index is -4.00. The number of carbonyl (C=O) groups excluding carboxylic acids is 1. The summed E-state index contributed by atoms with van der Waals surface area (Å²) in [4.78, 5) is 25.4. The number of aromatic nitrogens is 2. The molecule has 2 fully saturated rings. The van der Waals surface area contributed by atoms with E-state index in [0.717, 1.165) is 70.6 Å². The van der Waals surface area contributed by atoms with Gasteiger partial charge in [0, 0.05) is 50.5 Å². The van der Waals surface area contributed by atoms with Gasteiger partial charge in [0.25, 0.3) is 0 Å². The number of rotatable bonds is 11. The van der Waals surface area contributed by atoms with Gasteiger partial charge in [0.2, 0.25) is 12.4 Å². The van der Waals surface area contributed by atoms with Crippen molar-refractivity contribution in [3.8, 4) is 5.75 Å². The topological polar surface area (TPSA) is 111 Å². The largest absolute Gasteiger partial charge is 0.385 e. The van der Waals surface area contributed by atoms with Crippen molar-refractivity contribution < 1.29 is 17.4 Å². The maximum Gasteiger partial charge on any atom is 0.339 e. The fourth-order valence-electron chi connectivity index (χ4n) is 4.33. The first-order chi connectivity index (χ1) is 17.4. The number of hydrogen-bond acceptors (Lipinski definition) is 8. The Kier molecular flexibility index (Phi) is 7.13. The molecule has 10 nitrogen and oxygen atoms in total. The lowest BCUT2D eigenvalue weighted by Gasteiger charge is -2.32. The first kappa shape index (κ1) is 24.5. The molecule has 0 bridgehead atoms. The van der Waals surface area contributed by atoms with Gasteiger partial charge in [-0.1, -0.05) is 0 Å². The summed E-state index contributed by atoms with van der Waals surface area (Å²) in [7, 11) is -1.85. The van der Waals surface area contributed by atoms with E-state index in [0.29, 0.717) is 17.0 Å². The summed E-state index contributed by atoms with van der Waals surface area (Å²) in [6, 6.07) is 11.6. The molecule has 0 spiro atoms. The molecule has 36 heavy (non-hydrogen) atoms. The molecule has 1 aliphatic carbocycles. The van der Waals surface area contributed by atoms with Crippen LogP contribution < -0.4 is 14.4 Å². The van der Waals surface area contributed by atoms with Crippen LogP contribution >= 0.6 is 0 Å². The second kappa shape index (κ2) is 10.5. The lowest BCUT2D eigenvalue weighted by atomic mass is 10.3. The number of H-pyrrole nitrogens is 1. The molecule has 2 aromatic carbocycles. The average Bonchev–Trinajstić information content (AvgIpc) is 3.62. The van der Waals surface area contributed by atoms with Gasteiger partial charge in [-0.3, -0.25) is 9.69 Å². The molecule has 3 aromatic rings. The summed E-state index contributed by atoms with van der Waals surface area (Å²) in [6.07, 6.45) is 3.69. The van der Waals surface area contributed by atoms with Gasteiger partial charge in [-0.2, -0.15) is 8.42 Å². The molecule has 1 saturated carbocycles. The summed E-state index contributed by atoms with van der Waals surface area (Å²) >= 11 is 0. The van der Waals surface area contributed by atoms with Gasteiger partial charge in [0.05, 0.1) is 11.0 Å². The second-order valence-corrected chi connectivity index (χ2v) is 11.0. The summed E-state index contributed by atoms with van der Waals surface area (Å²) in [5, 5.41) is 3.36. The van der Waals surface area contributed by atoms with Crippen LogP contribution in [0, 0.1) is 0 Å². The van der Waals surface area contributed by atoms with Gasteiger partial charge >= 0.3 is 10.1 Å². The summed E-state index contributed by atoms with van der Waals surface area (Å²) in [6.45, 7) is 6.31. The van der Waals surface area contributed by atoms with Gasteiger partial charge < -0.3 is 24.3 Å².